The summed E-state index contributed by atoms with van der Waals surface area (Å²) in [7, 11) is 1.89. The highest BCUT2D eigenvalue weighted by atomic mass is 16.5. The number of aromatic nitrogens is 5. The van der Waals surface area contributed by atoms with Crippen molar-refractivity contribution in [1.29, 1.82) is 0 Å². The SMILES string of the molecule is CCOc1ccc2cc(-c3ccc4nn(C)cc4c3)c(=O)n(-c3ccc(C4CC4)nc3)c2n1. The van der Waals surface area contributed by atoms with E-state index in [1.165, 1.54) is 12.8 Å². The van der Waals surface area contributed by atoms with Crippen LogP contribution in [0.15, 0.2) is 65.7 Å². The lowest BCUT2D eigenvalue weighted by Crippen LogP contribution is -2.21. The third-order valence-electron chi connectivity index (χ3n) is 6.07. The summed E-state index contributed by atoms with van der Waals surface area (Å²) in [4.78, 5) is 23.2. The molecule has 7 heteroatoms. The zero-order chi connectivity index (χ0) is 22.5. The average molecular weight is 438 g/mol. The van der Waals surface area contributed by atoms with Gasteiger partial charge in [0, 0.05) is 47.3 Å². The molecule has 0 unspecified atom stereocenters. The Morgan fingerprint density at radius 2 is 1.94 bits per heavy atom. The number of ether oxygens (including phenoxy) is 1. The Kier molecular flexibility index (Phi) is 4.50. The van der Waals surface area contributed by atoms with Crippen LogP contribution in [0.25, 0.3) is 38.8 Å². The Morgan fingerprint density at radius 3 is 2.70 bits per heavy atom. The van der Waals surface area contributed by atoms with Crippen molar-refractivity contribution < 1.29 is 4.74 Å². The van der Waals surface area contributed by atoms with Gasteiger partial charge in [0.1, 0.15) is 0 Å². The normalized spacial score (nSPS) is 13.6. The molecule has 0 atom stereocenters. The van der Waals surface area contributed by atoms with Gasteiger partial charge in [-0.25, -0.2) is 0 Å². The van der Waals surface area contributed by atoms with Crippen molar-refractivity contribution in [2.24, 2.45) is 7.05 Å². The summed E-state index contributed by atoms with van der Waals surface area (Å²) in [6.45, 7) is 2.42. The van der Waals surface area contributed by atoms with Crippen LogP contribution in [-0.2, 0) is 7.05 Å². The van der Waals surface area contributed by atoms with Crippen molar-refractivity contribution in [2.75, 3.05) is 6.61 Å². The summed E-state index contributed by atoms with van der Waals surface area (Å²) in [6, 6.07) is 15.6. The third-order valence-corrected chi connectivity index (χ3v) is 6.07. The van der Waals surface area contributed by atoms with Crippen LogP contribution in [0.1, 0.15) is 31.4 Å². The van der Waals surface area contributed by atoms with Gasteiger partial charge in [0.05, 0.1) is 24.0 Å². The summed E-state index contributed by atoms with van der Waals surface area (Å²) in [5.41, 5.74) is 4.52. The maximum absolute atomic E-state index is 13.9. The standard InChI is InChI=1S/C26H23N5O2/c1-3-33-24-11-7-18-13-21(17-6-9-23-19(12-17)15-30(2)29-23)26(32)31(25(18)28-24)20-8-10-22(27-14-20)16-4-5-16/h6-16H,3-5H2,1-2H3. The maximum atomic E-state index is 13.9. The number of fused-ring (bicyclic) bond motifs is 2. The molecule has 0 amide bonds. The fourth-order valence-electron chi connectivity index (χ4n) is 4.31. The summed E-state index contributed by atoms with van der Waals surface area (Å²) < 4.78 is 9.04. The first-order chi connectivity index (χ1) is 16.1. The molecule has 1 aliphatic carbocycles. The van der Waals surface area contributed by atoms with E-state index in [2.05, 4.69) is 15.1 Å². The minimum Gasteiger partial charge on any atom is -0.478 e. The molecule has 0 spiro atoms. The fourth-order valence-corrected chi connectivity index (χ4v) is 4.31. The molecule has 5 aromatic rings. The minimum absolute atomic E-state index is 0.145. The quantitative estimate of drug-likeness (QED) is 0.401. The first-order valence-electron chi connectivity index (χ1n) is 11.2. The molecular weight excluding hydrogens is 414 g/mol. The average Bonchev–Trinajstić information content (AvgIpc) is 3.60. The zero-order valence-corrected chi connectivity index (χ0v) is 18.5. The highest BCUT2D eigenvalue weighted by Gasteiger charge is 2.25. The number of hydrogen-bond acceptors (Lipinski definition) is 5. The molecule has 0 bridgehead atoms. The Labute approximate surface area is 190 Å². The molecule has 7 nitrogen and oxygen atoms in total. The first kappa shape index (κ1) is 19.7. The van der Waals surface area contributed by atoms with E-state index in [9.17, 15) is 4.79 Å². The molecule has 0 aliphatic heterocycles. The van der Waals surface area contributed by atoms with Gasteiger partial charge in [-0.15, -0.1) is 0 Å². The molecule has 33 heavy (non-hydrogen) atoms. The lowest BCUT2D eigenvalue weighted by molar-refractivity contribution is 0.328. The molecule has 0 N–H and O–H groups in total. The van der Waals surface area contributed by atoms with Crippen LogP contribution in [0.2, 0.25) is 0 Å². The smallest absolute Gasteiger partial charge is 0.264 e. The summed E-state index contributed by atoms with van der Waals surface area (Å²) in [5.74, 6) is 1.04. The lowest BCUT2D eigenvalue weighted by atomic mass is 10.0. The predicted octanol–water partition coefficient (Wildman–Crippen LogP) is 4.61. The highest BCUT2D eigenvalue weighted by Crippen LogP contribution is 2.39. The number of hydrogen-bond donors (Lipinski definition) is 0. The van der Waals surface area contributed by atoms with Crippen molar-refractivity contribution >= 4 is 21.9 Å². The third kappa shape index (κ3) is 3.46. The second kappa shape index (κ2) is 7.55. The van der Waals surface area contributed by atoms with Gasteiger partial charge in [0.2, 0.25) is 5.88 Å². The highest BCUT2D eigenvalue weighted by molar-refractivity contribution is 5.88. The van der Waals surface area contributed by atoms with Crippen molar-refractivity contribution in [1.82, 2.24) is 24.3 Å². The number of nitrogens with zero attached hydrogens (tertiary/aromatic N) is 5. The second-order valence-electron chi connectivity index (χ2n) is 8.49. The molecule has 6 rings (SSSR count). The molecule has 1 saturated carbocycles. The van der Waals surface area contributed by atoms with Crippen LogP contribution in [0.5, 0.6) is 5.88 Å². The Morgan fingerprint density at radius 1 is 1.06 bits per heavy atom. The molecule has 4 heterocycles. The molecule has 1 fully saturated rings. The Hall–Kier alpha value is -4.00. The zero-order valence-electron chi connectivity index (χ0n) is 18.5. The largest absolute Gasteiger partial charge is 0.478 e. The van der Waals surface area contributed by atoms with E-state index < -0.39 is 0 Å². The molecule has 4 aromatic heterocycles. The number of rotatable bonds is 5. The van der Waals surface area contributed by atoms with Crippen LogP contribution in [0.4, 0.5) is 0 Å². The molecule has 0 radical (unpaired) electrons. The predicted molar refractivity (Wildman–Crippen MR) is 128 cm³/mol. The van der Waals surface area contributed by atoms with E-state index in [0.29, 0.717) is 35.3 Å². The Balaban J connectivity index is 1.59. The van der Waals surface area contributed by atoms with Gasteiger partial charge >= 0.3 is 0 Å². The van der Waals surface area contributed by atoms with E-state index in [1.807, 2.05) is 68.7 Å². The van der Waals surface area contributed by atoms with Gasteiger partial charge in [-0.2, -0.15) is 10.1 Å². The van der Waals surface area contributed by atoms with Crippen molar-refractivity contribution in [3.63, 3.8) is 0 Å². The summed E-state index contributed by atoms with van der Waals surface area (Å²) in [5, 5.41) is 6.28. The van der Waals surface area contributed by atoms with Gasteiger partial charge in [-0.3, -0.25) is 19.0 Å². The number of aryl methyl sites for hydroxylation is 1. The fraction of sp³-hybridized carbons (Fsp3) is 0.231. The van der Waals surface area contributed by atoms with Crippen LogP contribution in [-0.4, -0.2) is 30.9 Å². The first-order valence-corrected chi connectivity index (χ1v) is 11.2. The van der Waals surface area contributed by atoms with Gasteiger partial charge in [-0.05, 0) is 61.7 Å². The van der Waals surface area contributed by atoms with E-state index in [4.69, 9.17) is 4.74 Å². The van der Waals surface area contributed by atoms with Crippen molar-refractivity contribution in [3.8, 4) is 22.7 Å². The summed E-state index contributed by atoms with van der Waals surface area (Å²) >= 11 is 0. The molecule has 164 valence electrons. The molecular formula is C26H23N5O2. The lowest BCUT2D eigenvalue weighted by Gasteiger charge is -2.14. The minimum atomic E-state index is -0.145. The summed E-state index contributed by atoms with van der Waals surface area (Å²) in [6.07, 6.45) is 6.09. The van der Waals surface area contributed by atoms with E-state index >= 15 is 0 Å². The monoisotopic (exact) mass is 437 g/mol. The molecule has 0 saturated heterocycles. The van der Waals surface area contributed by atoms with Gasteiger partial charge in [0.15, 0.2) is 5.65 Å². The second-order valence-corrected chi connectivity index (χ2v) is 8.49. The van der Waals surface area contributed by atoms with E-state index in [0.717, 1.165) is 27.5 Å². The number of pyridine rings is 3. The van der Waals surface area contributed by atoms with Crippen LogP contribution in [0.3, 0.4) is 0 Å². The topological polar surface area (TPSA) is 74.8 Å². The van der Waals surface area contributed by atoms with E-state index in [-0.39, 0.29) is 5.56 Å². The van der Waals surface area contributed by atoms with Crippen LogP contribution >= 0.6 is 0 Å². The van der Waals surface area contributed by atoms with Crippen LogP contribution < -0.4 is 10.3 Å². The molecule has 1 aromatic carbocycles. The van der Waals surface area contributed by atoms with E-state index in [1.54, 1.807) is 15.4 Å². The van der Waals surface area contributed by atoms with Crippen LogP contribution in [0, 0.1) is 0 Å². The van der Waals surface area contributed by atoms with Crippen molar-refractivity contribution in [2.45, 2.75) is 25.7 Å². The van der Waals surface area contributed by atoms with Gasteiger partial charge in [-0.1, -0.05) is 6.07 Å². The number of benzene rings is 1. The molecule has 1 aliphatic rings. The maximum Gasteiger partial charge on any atom is 0.264 e. The Bertz CT molecular complexity index is 1560. The van der Waals surface area contributed by atoms with Gasteiger partial charge < -0.3 is 4.74 Å². The van der Waals surface area contributed by atoms with Gasteiger partial charge in [0.25, 0.3) is 5.56 Å². The van der Waals surface area contributed by atoms with Crippen molar-refractivity contribution in [3.05, 3.63) is 77.0 Å².